The van der Waals surface area contributed by atoms with Crippen molar-refractivity contribution in [1.29, 1.82) is 0 Å². The molecule has 0 amide bonds. The van der Waals surface area contributed by atoms with Crippen LogP contribution in [0.3, 0.4) is 0 Å². The zero-order valence-electron chi connectivity index (χ0n) is 11.2. The highest BCUT2D eigenvalue weighted by molar-refractivity contribution is 5.53. The van der Waals surface area contributed by atoms with Crippen molar-refractivity contribution < 1.29 is 0 Å². The first-order valence-corrected chi connectivity index (χ1v) is 7.27. The van der Waals surface area contributed by atoms with Crippen LogP contribution in [0, 0.1) is 0 Å². The summed E-state index contributed by atoms with van der Waals surface area (Å²) in [6, 6.07) is 3.61. The minimum atomic E-state index is 0.667. The summed E-state index contributed by atoms with van der Waals surface area (Å²) in [4.78, 5) is 6.86. The average Bonchev–Trinajstić information content (AvgIpc) is 3.22. The van der Waals surface area contributed by atoms with Crippen molar-refractivity contribution in [2.45, 2.75) is 57.7 Å². The van der Waals surface area contributed by atoms with E-state index in [1.165, 1.54) is 49.9 Å². The van der Waals surface area contributed by atoms with Gasteiger partial charge >= 0.3 is 0 Å². The number of pyridine rings is 1. The highest BCUT2D eigenvalue weighted by Crippen LogP contribution is 2.28. The number of hydrogen-bond acceptors (Lipinski definition) is 3. The third-order valence-electron chi connectivity index (χ3n) is 4.15. The van der Waals surface area contributed by atoms with Crippen molar-refractivity contribution in [3.8, 4) is 0 Å². The Kier molecular flexibility index (Phi) is 3.50. The van der Waals surface area contributed by atoms with Crippen molar-refractivity contribution >= 4 is 5.69 Å². The molecule has 2 heterocycles. The van der Waals surface area contributed by atoms with Gasteiger partial charge in [-0.2, -0.15) is 0 Å². The van der Waals surface area contributed by atoms with Crippen molar-refractivity contribution in [2.24, 2.45) is 0 Å². The molecule has 2 fully saturated rings. The molecule has 2 aliphatic rings. The summed E-state index contributed by atoms with van der Waals surface area (Å²) in [6.07, 6.45) is 10.7. The second-order valence-electron chi connectivity index (χ2n) is 5.70. The van der Waals surface area contributed by atoms with Gasteiger partial charge in [0.1, 0.15) is 0 Å². The Morgan fingerprint density at radius 2 is 2.22 bits per heavy atom. The quantitative estimate of drug-likeness (QED) is 0.884. The van der Waals surface area contributed by atoms with Crippen molar-refractivity contribution in [3.63, 3.8) is 0 Å². The Balaban J connectivity index is 1.75. The van der Waals surface area contributed by atoms with Crippen LogP contribution in [0.2, 0.25) is 0 Å². The molecule has 0 bridgehead atoms. The van der Waals surface area contributed by atoms with Gasteiger partial charge in [0.25, 0.3) is 0 Å². The lowest BCUT2D eigenvalue weighted by Crippen LogP contribution is -2.38. The number of nitrogens with zero attached hydrogens (tertiary/aromatic N) is 2. The maximum atomic E-state index is 4.30. The van der Waals surface area contributed by atoms with Gasteiger partial charge in [0, 0.05) is 48.8 Å². The highest BCUT2D eigenvalue weighted by Gasteiger charge is 2.23. The summed E-state index contributed by atoms with van der Waals surface area (Å²) in [5, 5.41) is 3.60. The van der Waals surface area contributed by atoms with Crippen LogP contribution in [-0.2, 0) is 6.54 Å². The van der Waals surface area contributed by atoms with E-state index in [-0.39, 0.29) is 0 Å². The molecule has 1 aliphatic carbocycles. The van der Waals surface area contributed by atoms with Gasteiger partial charge in [-0.15, -0.1) is 0 Å². The van der Waals surface area contributed by atoms with E-state index in [4.69, 9.17) is 0 Å². The van der Waals surface area contributed by atoms with Gasteiger partial charge in [-0.3, -0.25) is 4.98 Å². The lowest BCUT2D eigenvalue weighted by molar-refractivity contribution is 0.483. The number of rotatable bonds is 4. The third-order valence-corrected chi connectivity index (χ3v) is 4.15. The molecule has 3 rings (SSSR count). The third kappa shape index (κ3) is 2.66. The number of nitrogens with one attached hydrogen (secondary N) is 1. The first-order valence-electron chi connectivity index (χ1n) is 7.27. The van der Waals surface area contributed by atoms with E-state index in [1.807, 2.05) is 12.4 Å². The molecule has 0 spiro atoms. The highest BCUT2D eigenvalue weighted by atomic mass is 15.2. The first-order chi connectivity index (χ1) is 8.84. The van der Waals surface area contributed by atoms with E-state index in [0.717, 1.165) is 12.6 Å². The van der Waals surface area contributed by atoms with Crippen LogP contribution in [0.25, 0.3) is 0 Å². The Hall–Kier alpha value is -1.09. The molecule has 1 unspecified atom stereocenters. The van der Waals surface area contributed by atoms with E-state index >= 15 is 0 Å². The Morgan fingerprint density at radius 3 is 3.00 bits per heavy atom. The summed E-state index contributed by atoms with van der Waals surface area (Å²) in [5.41, 5.74) is 2.75. The van der Waals surface area contributed by atoms with Crippen molar-refractivity contribution in [2.75, 3.05) is 11.4 Å². The molecular formula is C15H23N3. The Labute approximate surface area is 110 Å². The predicted molar refractivity (Wildman–Crippen MR) is 74.8 cm³/mol. The molecule has 1 aromatic heterocycles. The first kappa shape index (κ1) is 12.0. The summed E-state index contributed by atoms with van der Waals surface area (Å²) in [6.45, 7) is 4.51. The minimum Gasteiger partial charge on any atom is -0.368 e. The van der Waals surface area contributed by atoms with E-state index < -0.39 is 0 Å². The molecule has 1 aliphatic heterocycles. The van der Waals surface area contributed by atoms with Crippen molar-refractivity contribution in [1.82, 2.24) is 10.3 Å². The summed E-state index contributed by atoms with van der Waals surface area (Å²) in [7, 11) is 0. The van der Waals surface area contributed by atoms with Crippen LogP contribution in [-0.4, -0.2) is 23.6 Å². The normalized spacial score (nSPS) is 24.3. The van der Waals surface area contributed by atoms with E-state index in [0.29, 0.717) is 6.04 Å². The lowest BCUT2D eigenvalue weighted by Gasteiger charge is -2.36. The van der Waals surface area contributed by atoms with Gasteiger partial charge in [0.05, 0.1) is 0 Å². The number of anilines is 1. The lowest BCUT2D eigenvalue weighted by atomic mass is 10.0. The standard InChI is InChI=1S/C15H23N3/c1-12-4-2-3-9-18(12)15-7-8-16-10-13(15)11-17-14-5-6-14/h7-8,10,12,14,17H,2-6,9,11H2,1H3. The van der Waals surface area contributed by atoms with E-state index in [2.05, 4.69) is 28.2 Å². The van der Waals surface area contributed by atoms with Crippen LogP contribution in [0.1, 0.15) is 44.6 Å². The molecule has 3 nitrogen and oxygen atoms in total. The molecule has 1 N–H and O–H groups in total. The molecule has 1 atom stereocenters. The fourth-order valence-corrected chi connectivity index (χ4v) is 2.83. The van der Waals surface area contributed by atoms with Crippen molar-refractivity contribution in [3.05, 3.63) is 24.0 Å². The average molecular weight is 245 g/mol. The molecular weight excluding hydrogens is 222 g/mol. The van der Waals surface area contributed by atoms with Gasteiger partial charge < -0.3 is 10.2 Å². The molecule has 3 heteroatoms. The SMILES string of the molecule is CC1CCCCN1c1ccncc1CNC1CC1. The monoisotopic (exact) mass is 245 g/mol. The zero-order chi connectivity index (χ0) is 12.4. The Morgan fingerprint density at radius 1 is 1.33 bits per heavy atom. The molecule has 1 saturated carbocycles. The number of hydrogen-bond donors (Lipinski definition) is 1. The number of aromatic nitrogens is 1. The molecule has 18 heavy (non-hydrogen) atoms. The van der Waals surface area contributed by atoms with Crippen LogP contribution >= 0.6 is 0 Å². The summed E-state index contributed by atoms with van der Waals surface area (Å²) in [5.74, 6) is 0. The van der Waals surface area contributed by atoms with Gasteiger partial charge in [0.15, 0.2) is 0 Å². The fraction of sp³-hybridized carbons (Fsp3) is 0.667. The Bertz CT molecular complexity index is 400. The van der Waals surface area contributed by atoms with Gasteiger partial charge in [-0.25, -0.2) is 0 Å². The van der Waals surface area contributed by atoms with Crippen LogP contribution in [0.5, 0.6) is 0 Å². The van der Waals surface area contributed by atoms with E-state index in [9.17, 15) is 0 Å². The summed E-state index contributed by atoms with van der Waals surface area (Å²) >= 11 is 0. The van der Waals surface area contributed by atoms with Gasteiger partial charge in [-0.05, 0) is 45.1 Å². The predicted octanol–water partition coefficient (Wildman–Crippen LogP) is 2.71. The summed E-state index contributed by atoms with van der Waals surface area (Å²) < 4.78 is 0. The molecule has 1 aromatic rings. The largest absolute Gasteiger partial charge is 0.368 e. The van der Waals surface area contributed by atoms with E-state index in [1.54, 1.807) is 0 Å². The van der Waals surface area contributed by atoms with Crippen LogP contribution < -0.4 is 10.2 Å². The van der Waals surface area contributed by atoms with Crippen LogP contribution in [0.15, 0.2) is 18.5 Å². The van der Waals surface area contributed by atoms with Gasteiger partial charge in [0.2, 0.25) is 0 Å². The second kappa shape index (κ2) is 5.27. The topological polar surface area (TPSA) is 28.2 Å². The fourth-order valence-electron chi connectivity index (χ4n) is 2.83. The maximum Gasteiger partial charge on any atom is 0.0445 e. The smallest absolute Gasteiger partial charge is 0.0445 e. The molecule has 0 radical (unpaired) electrons. The second-order valence-corrected chi connectivity index (χ2v) is 5.70. The van der Waals surface area contributed by atoms with Gasteiger partial charge in [-0.1, -0.05) is 0 Å². The molecule has 1 saturated heterocycles. The molecule has 0 aromatic carbocycles. The maximum absolute atomic E-state index is 4.30. The zero-order valence-corrected chi connectivity index (χ0v) is 11.2. The molecule has 98 valence electrons. The number of piperidine rings is 1. The van der Waals surface area contributed by atoms with Crippen LogP contribution in [0.4, 0.5) is 5.69 Å². The minimum absolute atomic E-state index is 0.667.